The van der Waals surface area contributed by atoms with Gasteiger partial charge in [0.15, 0.2) is 0 Å². The van der Waals surface area contributed by atoms with Crippen LogP contribution in [0.25, 0.3) is 0 Å². The first-order valence-corrected chi connectivity index (χ1v) is 11.7. The Hall–Kier alpha value is -1.75. The van der Waals surface area contributed by atoms with Crippen LogP contribution in [0.4, 0.5) is 0 Å². The van der Waals surface area contributed by atoms with E-state index in [4.69, 9.17) is 27.9 Å². The minimum atomic E-state index is -0.442. The molecule has 1 N–H and O–H groups in total. The Kier molecular flexibility index (Phi) is 8.65. The van der Waals surface area contributed by atoms with Crippen LogP contribution in [-0.4, -0.2) is 36.5 Å². The van der Waals surface area contributed by atoms with Crippen LogP contribution in [-0.2, 0) is 11.3 Å². The number of nitrogens with one attached hydrogen (secondary N) is 1. The molecule has 2 aromatic rings. The first kappa shape index (κ1) is 23.9. The maximum absolute atomic E-state index is 12.9. The number of piperidine rings is 1. The van der Waals surface area contributed by atoms with Crippen molar-refractivity contribution in [2.75, 3.05) is 19.7 Å². The van der Waals surface area contributed by atoms with Crippen LogP contribution >= 0.6 is 23.2 Å². The molecule has 2 aromatic carbocycles. The van der Waals surface area contributed by atoms with Crippen LogP contribution in [0.1, 0.15) is 45.1 Å². The highest BCUT2D eigenvalue weighted by Crippen LogP contribution is 2.29. The van der Waals surface area contributed by atoms with Gasteiger partial charge in [-0.2, -0.15) is 0 Å². The molecule has 0 unspecified atom stereocenters. The highest BCUT2D eigenvalue weighted by Gasteiger charge is 2.30. The molecule has 168 valence electrons. The van der Waals surface area contributed by atoms with E-state index < -0.39 is 5.41 Å². The van der Waals surface area contributed by atoms with Gasteiger partial charge in [-0.05, 0) is 43.4 Å². The number of likely N-dealkylation sites (tertiary alicyclic amines) is 1. The monoisotopic (exact) mass is 462 g/mol. The lowest BCUT2D eigenvalue weighted by Gasteiger charge is -2.34. The number of carbonyl (C=O) groups excluding carboxylic acids is 1. The molecule has 0 spiro atoms. The summed E-state index contributed by atoms with van der Waals surface area (Å²) in [6.45, 7) is 7.49. The lowest BCUT2D eigenvalue weighted by atomic mass is 9.86. The van der Waals surface area contributed by atoms with E-state index in [0.717, 1.165) is 45.3 Å². The number of ether oxygens (including phenoxy) is 1. The van der Waals surface area contributed by atoms with E-state index in [1.165, 1.54) is 5.56 Å². The predicted molar refractivity (Wildman–Crippen MR) is 128 cm³/mol. The molecule has 1 aliphatic heterocycles. The second-order valence-corrected chi connectivity index (χ2v) is 9.76. The molecule has 0 saturated carbocycles. The van der Waals surface area contributed by atoms with Gasteiger partial charge in [-0.3, -0.25) is 9.69 Å². The fourth-order valence-electron chi connectivity index (χ4n) is 3.86. The van der Waals surface area contributed by atoms with E-state index >= 15 is 0 Å². The molecule has 6 heteroatoms. The quantitative estimate of drug-likeness (QED) is 0.467. The third-order valence-corrected chi connectivity index (χ3v) is 6.43. The maximum Gasteiger partial charge on any atom is 0.225 e. The summed E-state index contributed by atoms with van der Waals surface area (Å²) in [5.74, 6) is 0.702. The number of benzene rings is 2. The van der Waals surface area contributed by atoms with Crippen molar-refractivity contribution >= 4 is 29.1 Å². The zero-order chi connectivity index (χ0) is 22.3. The molecule has 3 rings (SSSR count). The molecule has 0 bridgehead atoms. The topological polar surface area (TPSA) is 41.6 Å². The second-order valence-electron chi connectivity index (χ2n) is 8.92. The smallest absolute Gasteiger partial charge is 0.225 e. The lowest BCUT2D eigenvalue weighted by Crippen LogP contribution is -2.48. The molecule has 1 amide bonds. The average molecular weight is 463 g/mol. The average Bonchev–Trinajstić information content (AvgIpc) is 2.75. The van der Waals surface area contributed by atoms with Gasteiger partial charge in [0.05, 0.1) is 11.6 Å². The van der Waals surface area contributed by atoms with Crippen molar-refractivity contribution in [3.05, 3.63) is 64.1 Å². The van der Waals surface area contributed by atoms with Crippen LogP contribution in [0.15, 0.2) is 48.5 Å². The summed E-state index contributed by atoms with van der Waals surface area (Å²) in [5, 5.41) is 4.41. The van der Waals surface area contributed by atoms with Gasteiger partial charge >= 0.3 is 0 Å². The van der Waals surface area contributed by atoms with Gasteiger partial charge in [0.2, 0.25) is 5.91 Å². The lowest BCUT2D eigenvalue weighted by molar-refractivity contribution is -0.130. The number of halogens is 2. The first-order chi connectivity index (χ1) is 14.8. The Morgan fingerprint density at radius 1 is 1.13 bits per heavy atom. The van der Waals surface area contributed by atoms with Crippen molar-refractivity contribution in [2.24, 2.45) is 5.41 Å². The van der Waals surface area contributed by atoms with Gasteiger partial charge in [-0.25, -0.2) is 0 Å². The van der Waals surface area contributed by atoms with Crippen LogP contribution in [0.5, 0.6) is 5.75 Å². The molecule has 1 aliphatic rings. The van der Waals surface area contributed by atoms with Crippen molar-refractivity contribution in [1.29, 1.82) is 0 Å². The summed E-state index contributed by atoms with van der Waals surface area (Å²) in [5.41, 5.74) is 0.898. The number of carbonyl (C=O) groups is 1. The van der Waals surface area contributed by atoms with E-state index in [0.29, 0.717) is 22.4 Å². The molecule has 1 fully saturated rings. The summed E-state index contributed by atoms with van der Waals surface area (Å²) < 4.78 is 5.75. The standard InChI is InChI=1S/C25H32Cl2N2O2/c1-25(2,13-6-16-31-23-17-20(26)9-10-22(23)27)24(30)28-21-11-14-29(15-12-21)18-19-7-4-3-5-8-19/h3-5,7-10,17,21H,6,11-16,18H2,1-2H3,(H,28,30). The largest absolute Gasteiger partial charge is 0.492 e. The number of rotatable bonds is 9. The normalized spacial score (nSPS) is 15.6. The number of hydrogen-bond donors (Lipinski definition) is 1. The van der Waals surface area contributed by atoms with E-state index in [-0.39, 0.29) is 11.9 Å². The Morgan fingerprint density at radius 3 is 2.55 bits per heavy atom. The maximum atomic E-state index is 12.9. The molecular formula is C25H32Cl2N2O2. The second kappa shape index (κ2) is 11.2. The van der Waals surface area contributed by atoms with Crippen LogP contribution in [0.2, 0.25) is 10.0 Å². The third kappa shape index (κ3) is 7.41. The van der Waals surface area contributed by atoms with Crippen LogP contribution in [0, 0.1) is 5.41 Å². The molecule has 1 saturated heterocycles. The summed E-state index contributed by atoms with van der Waals surface area (Å²) in [4.78, 5) is 15.3. The summed E-state index contributed by atoms with van der Waals surface area (Å²) in [6.07, 6.45) is 3.48. The van der Waals surface area contributed by atoms with E-state index in [1.807, 2.05) is 19.9 Å². The molecule has 4 nitrogen and oxygen atoms in total. The molecule has 0 radical (unpaired) electrons. The van der Waals surface area contributed by atoms with Crippen molar-refractivity contribution in [2.45, 2.75) is 52.1 Å². The minimum absolute atomic E-state index is 0.120. The van der Waals surface area contributed by atoms with Crippen molar-refractivity contribution < 1.29 is 9.53 Å². The molecule has 0 aromatic heterocycles. The highest BCUT2D eigenvalue weighted by atomic mass is 35.5. The minimum Gasteiger partial charge on any atom is -0.492 e. The molecule has 0 aliphatic carbocycles. The SMILES string of the molecule is CC(C)(CCCOc1cc(Cl)ccc1Cl)C(=O)NC1CCN(Cc2ccccc2)CC1. The molecule has 0 atom stereocenters. The van der Waals surface area contributed by atoms with Gasteiger partial charge in [-0.15, -0.1) is 0 Å². The summed E-state index contributed by atoms with van der Waals surface area (Å²) in [6, 6.07) is 16.0. The van der Waals surface area contributed by atoms with Crippen LogP contribution in [0.3, 0.4) is 0 Å². The van der Waals surface area contributed by atoms with E-state index in [9.17, 15) is 4.79 Å². The Morgan fingerprint density at radius 2 is 1.84 bits per heavy atom. The number of nitrogens with zero attached hydrogens (tertiary/aromatic N) is 1. The molecular weight excluding hydrogens is 431 g/mol. The zero-order valence-corrected chi connectivity index (χ0v) is 19.9. The summed E-state index contributed by atoms with van der Waals surface area (Å²) >= 11 is 12.1. The van der Waals surface area contributed by atoms with Gasteiger partial charge in [-0.1, -0.05) is 67.4 Å². The fraction of sp³-hybridized carbons (Fsp3) is 0.480. The Bertz CT molecular complexity index is 850. The Labute approximate surface area is 195 Å². The fourth-order valence-corrected chi connectivity index (χ4v) is 4.19. The van der Waals surface area contributed by atoms with Gasteiger partial charge in [0.25, 0.3) is 0 Å². The van der Waals surface area contributed by atoms with Crippen molar-refractivity contribution in [1.82, 2.24) is 10.2 Å². The van der Waals surface area contributed by atoms with Gasteiger partial charge in [0.1, 0.15) is 5.75 Å². The predicted octanol–water partition coefficient (Wildman–Crippen LogP) is 5.96. The number of amides is 1. The van der Waals surface area contributed by atoms with Crippen molar-refractivity contribution in [3.63, 3.8) is 0 Å². The highest BCUT2D eigenvalue weighted by molar-refractivity contribution is 6.34. The molecule has 1 heterocycles. The van der Waals surface area contributed by atoms with E-state index in [1.54, 1.807) is 18.2 Å². The third-order valence-electron chi connectivity index (χ3n) is 5.88. The zero-order valence-electron chi connectivity index (χ0n) is 18.4. The first-order valence-electron chi connectivity index (χ1n) is 11.0. The van der Waals surface area contributed by atoms with Crippen LogP contribution < -0.4 is 10.1 Å². The number of hydrogen-bond acceptors (Lipinski definition) is 3. The van der Waals surface area contributed by atoms with Gasteiger partial charge in [0, 0.05) is 42.2 Å². The Balaban J connectivity index is 1.37. The van der Waals surface area contributed by atoms with Gasteiger partial charge < -0.3 is 10.1 Å². The van der Waals surface area contributed by atoms with Crippen molar-refractivity contribution in [3.8, 4) is 5.75 Å². The van der Waals surface area contributed by atoms with E-state index in [2.05, 4.69) is 34.5 Å². The summed E-state index contributed by atoms with van der Waals surface area (Å²) in [7, 11) is 0. The molecule has 31 heavy (non-hydrogen) atoms.